The van der Waals surface area contributed by atoms with Crippen molar-refractivity contribution in [2.75, 3.05) is 12.8 Å². The van der Waals surface area contributed by atoms with Crippen LogP contribution >= 0.6 is 22.6 Å². The molecule has 0 saturated heterocycles. The zero-order chi connectivity index (χ0) is 15.6. The molecule has 7 heteroatoms. The van der Waals surface area contributed by atoms with E-state index in [1.807, 2.05) is 6.07 Å². The van der Waals surface area contributed by atoms with Crippen LogP contribution < -0.4 is 5.73 Å². The van der Waals surface area contributed by atoms with Crippen molar-refractivity contribution in [1.82, 2.24) is 4.57 Å². The molecule has 2 N–H and O–H groups in total. The van der Waals surface area contributed by atoms with Gasteiger partial charge in [0.15, 0.2) is 5.69 Å². The lowest BCUT2D eigenvalue weighted by atomic mass is 10.2. The number of benzene rings is 1. The maximum absolute atomic E-state index is 11.9. The number of nitrogen functional groups attached to an aromatic ring is 1. The van der Waals surface area contributed by atoms with Crippen molar-refractivity contribution in [2.24, 2.45) is 0 Å². The number of carbonyl (C=O) groups is 1. The summed E-state index contributed by atoms with van der Waals surface area (Å²) in [6, 6.07) is 9.14. The van der Waals surface area contributed by atoms with Gasteiger partial charge in [0.1, 0.15) is 12.1 Å². The van der Waals surface area contributed by atoms with Gasteiger partial charge in [0, 0.05) is 9.77 Å². The number of ether oxygens (including phenoxy) is 1. The summed E-state index contributed by atoms with van der Waals surface area (Å²) in [5.41, 5.74) is 6.87. The van der Waals surface area contributed by atoms with Gasteiger partial charge in [-0.05, 0) is 40.8 Å². The molecular formula is C14H9IN4O2. The second-order valence-electron chi connectivity index (χ2n) is 4.05. The Balaban J connectivity index is 2.79. The first-order valence-corrected chi connectivity index (χ1v) is 6.80. The number of nitrogens with two attached hydrogens (primary N) is 1. The number of anilines is 1. The second kappa shape index (κ2) is 5.85. The van der Waals surface area contributed by atoms with E-state index in [-0.39, 0.29) is 16.9 Å². The highest BCUT2D eigenvalue weighted by Gasteiger charge is 2.22. The molecular weight excluding hydrogens is 383 g/mol. The molecule has 0 aliphatic carbocycles. The third-order valence-corrected chi connectivity index (χ3v) is 3.55. The van der Waals surface area contributed by atoms with Crippen LogP contribution in [0.1, 0.15) is 21.6 Å². The Bertz CT molecular complexity index is 812. The molecule has 0 bridgehead atoms. The molecule has 2 rings (SSSR count). The highest BCUT2D eigenvalue weighted by atomic mass is 127. The zero-order valence-corrected chi connectivity index (χ0v) is 13.1. The van der Waals surface area contributed by atoms with E-state index in [9.17, 15) is 10.1 Å². The molecule has 0 atom stereocenters. The van der Waals surface area contributed by atoms with Gasteiger partial charge in [-0.25, -0.2) is 4.79 Å². The lowest BCUT2D eigenvalue weighted by Gasteiger charge is -2.10. The Morgan fingerprint density at radius 1 is 1.33 bits per heavy atom. The molecule has 0 aliphatic heterocycles. The molecule has 0 aliphatic rings. The fourth-order valence-corrected chi connectivity index (χ4v) is 2.40. The van der Waals surface area contributed by atoms with Crippen LogP contribution in [-0.4, -0.2) is 17.6 Å². The van der Waals surface area contributed by atoms with Gasteiger partial charge >= 0.3 is 5.97 Å². The van der Waals surface area contributed by atoms with Gasteiger partial charge in [-0.3, -0.25) is 0 Å². The summed E-state index contributed by atoms with van der Waals surface area (Å²) in [6.45, 7) is 0. The van der Waals surface area contributed by atoms with Crippen LogP contribution in [0.15, 0.2) is 24.4 Å². The lowest BCUT2D eigenvalue weighted by molar-refractivity contribution is 0.0593. The molecule has 6 nitrogen and oxygen atoms in total. The standard InChI is InChI=1S/C14H9IN4O2/c1-21-14(20)13-12(18)9(6-17)7-19(13)11-3-2-10(15)4-8(11)5-16/h2-4,7H,18H2,1H3. The Hall–Kier alpha value is -2.52. The van der Waals surface area contributed by atoms with Gasteiger partial charge in [-0.2, -0.15) is 10.5 Å². The van der Waals surface area contributed by atoms with Crippen molar-refractivity contribution in [3.8, 4) is 17.8 Å². The number of nitriles is 2. The van der Waals surface area contributed by atoms with E-state index in [1.54, 1.807) is 18.2 Å². The molecule has 0 saturated carbocycles. The molecule has 1 heterocycles. The molecule has 104 valence electrons. The van der Waals surface area contributed by atoms with Crippen molar-refractivity contribution < 1.29 is 9.53 Å². The number of aromatic nitrogens is 1. The Morgan fingerprint density at radius 3 is 2.57 bits per heavy atom. The maximum Gasteiger partial charge on any atom is 0.357 e. The summed E-state index contributed by atoms with van der Waals surface area (Å²) in [5.74, 6) is -0.670. The van der Waals surface area contributed by atoms with Crippen molar-refractivity contribution in [2.45, 2.75) is 0 Å². The minimum absolute atomic E-state index is 0.0340. The van der Waals surface area contributed by atoms with Gasteiger partial charge in [-0.15, -0.1) is 0 Å². The van der Waals surface area contributed by atoms with E-state index in [1.165, 1.54) is 17.9 Å². The third-order valence-electron chi connectivity index (χ3n) is 2.88. The maximum atomic E-state index is 11.9. The minimum Gasteiger partial charge on any atom is -0.464 e. The lowest BCUT2D eigenvalue weighted by Crippen LogP contribution is -2.12. The topological polar surface area (TPSA) is 105 Å². The van der Waals surface area contributed by atoms with E-state index in [0.29, 0.717) is 11.3 Å². The molecule has 1 aromatic heterocycles. The Labute approximate surface area is 134 Å². The Kier molecular flexibility index (Phi) is 4.15. The van der Waals surface area contributed by atoms with Crippen LogP contribution in [0.5, 0.6) is 0 Å². The number of hydrogen-bond acceptors (Lipinski definition) is 5. The summed E-state index contributed by atoms with van der Waals surface area (Å²) >= 11 is 2.08. The van der Waals surface area contributed by atoms with Crippen LogP contribution in [0, 0.1) is 26.2 Å². The third kappa shape index (κ3) is 2.56. The zero-order valence-electron chi connectivity index (χ0n) is 10.9. The number of hydrogen-bond donors (Lipinski definition) is 1. The smallest absolute Gasteiger partial charge is 0.357 e. The second-order valence-corrected chi connectivity index (χ2v) is 5.30. The molecule has 21 heavy (non-hydrogen) atoms. The van der Waals surface area contributed by atoms with Crippen molar-refractivity contribution in [3.63, 3.8) is 0 Å². The fraction of sp³-hybridized carbons (Fsp3) is 0.0714. The number of carbonyl (C=O) groups excluding carboxylic acids is 1. The average Bonchev–Trinajstić information content (AvgIpc) is 2.82. The first-order valence-electron chi connectivity index (χ1n) is 5.72. The average molecular weight is 392 g/mol. The summed E-state index contributed by atoms with van der Waals surface area (Å²) in [4.78, 5) is 11.9. The summed E-state index contributed by atoms with van der Waals surface area (Å²) in [7, 11) is 1.23. The van der Waals surface area contributed by atoms with Crippen LogP contribution in [0.3, 0.4) is 0 Å². The quantitative estimate of drug-likeness (QED) is 0.623. The van der Waals surface area contributed by atoms with Gasteiger partial charge in [0.2, 0.25) is 0 Å². The number of halogens is 1. The SMILES string of the molecule is COC(=O)c1c(N)c(C#N)cn1-c1ccc(I)cc1C#N. The molecule has 0 unspecified atom stereocenters. The first-order chi connectivity index (χ1) is 10.0. The predicted molar refractivity (Wildman–Crippen MR) is 83.7 cm³/mol. The van der Waals surface area contributed by atoms with Gasteiger partial charge in [0.25, 0.3) is 0 Å². The largest absolute Gasteiger partial charge is 0.464 e. The summed E-state index contributed by atoms with van der Waals surface area (Å²) in [5, 5.41) is 18.3. The fourth-order valence-electron chi connectivity index (χ4n) is 1.91. The molecule has 0 fully saturated rings. The molecule has 0 spiro atoms. The Morgan fingerprint density at radius 2 is 2.00 bits per heavy atom. The monoisotopic (exact) mass is 392 g/mol. The normalized spacial score (nSPS) is 9.71. The van der Waals surface area contributed by atoms with E-state index < -0.39 is 5.97 Å². The van der Waals surface area contributed by atoms with Crippen LogP contribution in [0.4, 0.5) is 5.69 Å². The summed E-state index contributed by atoms with van der Waals surface area (Å²) in [6.07, 6.45) is 1.42. The van der Waals surface area contributed by atoms with E-state index in [4.69, 9.17) is 15.7 Å². The number of methoxy groups -OCH3 is 1. The molecule has 2 aromatic rings. The van der Waals surface area contributed by atoms with Crippen LogP contribution in [0.25, 0.3) is 5.69 Å². The van der Waals surface area contributed by atoms with E-state index in [2.05, 4.69) is 28.7 Å². The van der Waals surface area contributed by atoms with Gasteiger partial charge in [0.05, 0.1) is 29.6 Å². The number of rotatable bonds is 2. The molecule has 0 amide bonds. The highest BCUT2D eigenvalue weighted by molar-refractivity contribution is 14.1. The van der Waals surface area contributed by atoms with Gasteiger partial charge in [-0.1, -0.05) is 0 Å². The molecule has 1 aromatic carbocycles. The van der Waals surface area contributed by atoms with E-state index in [0.717, 1.165) is 3.57 Å². The van der Waals surface area contributed by atoms with Crippen molar-refractivity contribution in [3.05, 3.63) is 44.8 Å². The number of esters is 1. The van der Waals surface area contributed by atoms with Crippen molar-refractivity contribution >= 4 is 34.2 Å². The van der Waals surface area contributed by atoms with Gasteiger partial charge < -0.3 is 15.0 Å². The van der Waals surface area contributed by atoms with Crippen LogP contribution in [-0.2, 0) is 4.74 Å². The summed E-state index contributed by atoms with van der Waals surface area (Å²) < 4.78 is 6.99. The minimum atomic E-state index is -0.670. The van der Waals surface area contributed by atoms with Crippen molar-refractivity contribution in [1.29, 1.82) is 10.5 Å². The van der Waals surface area contributed by atoms with E-state index >= 15 is 0 Å². The first kappa shape index (κ1) is 14.9. The highest BCUT2D eigenvalue weighted by Crippen LogP contribution is 2.27. The molecule has 0 radical (unpaired) electrons. The van der Waals surface area contributed by atoms with Crippen LogP contribution in [0.2, 0.25) is 0 Å². The number of nitrogens with zero attached hydrogens (tertiary/aromatic N) is 3. The predicted octanol–water partition coefficient (Wildman–Crippen LogP) is 2.19.